The van der Waals surface area contributed by atoms with E-state index in [-0.39, 0.29) is 6.04 Å². The summed E-state index contributed by atoms with van der Waals surface area (Å²) in [4.78, 5) is 9.52. The molecule has 2 N–H and O–H groups in total. The van der Waals surface area contributed by atoms with E-state index in [2.05, 4.69) is 40.1 Å². The highest BCUT2D eigenvalue weighted by Crippen LogP contribution is 2.41. The highest BCUT2D eigenvalue weighted by molar-refractivity contribution is 7.10. The zero-order valence-electron chi connectivity index (χ0n) is 12.2. The molecule has 0 radical (unpaired) electrons. The molecule has 1 aliphatic rings. The van der Waals surface area contributed by atoms with Gasteiger partial charge in [0.05, 0.1) is 17.1 Å². The first-order valence-electron chi connectivity index (χ1n) is 7.33. The van der Waals surface area contributed by atoms with E-state index in [1.165, 1.54) is 23.9 Å². The molecule has 1 unspecified atom stereocenters. The van der Waals surface area contributed by atoms with Crippen LogP contribution in [0.1, 0.15) is 42.4 Å². The van der Waals surface area contributed by atoms with Crippen molar-refractivity contribution in [3.05, 3.63) is 34.2 Å². The van der Waals surface area contributed by atoms with E-state index >= 15 is 0 Å². The molecule has 108 valence electrons. The van der Waals surface area contributed by atoms with E-state index in [0.29, 0.717) is 6.04 Å². The molecule has 5 heteroatoms. The van der Waals surface area contributed by atoms with Gasteiger partial charge < -0.3 is 10.3 Å². The summed E-state index contributed by atoms with van der Waals surface area (Å²) in [5.41, 5.74) is 10.4. The Bertz CT molecular complexity index is 811. The number of hydrogen-bond acceptors (Lipinski definition) is 4. The lowest BCUT2D eigenvalue weighted by atomic mass is 10.2. The van der Waals surface area contributed by atoms with Gasteiger partial charge in [-0.05, 0) is 44.4 Å². The molecular formula is C16H18N4S. The van der Waals surface area contributed by atoms with Crippen molar-refractivity contribution < 1.29 is 0 Å². The Hall–Kier alpha value is -1.72. The minimum atomic E-state index is -0.0234. The van der Waals surface area contributed by atoms with Crippen LogP contribution in [-0.4, -0.2) is 14.5 Å². The second-order valence-corrected chi connectivity index (χ2v) is 6.78. The van der Waals surface area contributed by atoms with Crippen LogP contribution in [0.25, 0.3) is 22.6 Å². The monoisotopic (exact) mass is 298 g/mol. The summed E-state index contributed by atoms with van der Waals surface area (Å²) in [5.74, 6) is 0.987. The van der Waals surface area contributed by atoms with Crippen molar-refractivity contribution >= 4 is 22.4 Å². The smallest absolute Gasteiger partial charge is 0.160 e. The molecule has 1 fully saturated rings. The van der Waals surface area contributed by atoms with Crippen molar-refractivity contribution in [1.82, 2.24) is 14.5 Å². The van der Waals surface area contributed by atoms with Crippen LogP contribution >= 0.6 is 11.3 Å². The Morgan fingerprint density at radius 3 is 2.81 bits per heavy atom. The summed E-state index contributed by atoms with van der Waals surface area (Å²) in [7, 11) is 0. The van der Waals surface area contributed by atoms with E-state index < -0.39 is 0 Å². The van der Waals surface area contributed by atoms with Crippen molar-refractivity contribution in [2.45, 2.75) is 38.8 Å². The van der Waals surface area contributed by atoms with Crippen LogP contribution in [0.2, 0.25) is 0 Å². The number of thiazole rings is 1. The van der Waals surface area contributed by atoms with Crippen molar-refractivity contribution in [2.24, 2.45) is 5.73 Å². The Balaban J connectivity index is 1.92. The van der Waals surface area contributed by atoms with Crippen LogP contribution in [0.15, 0.2) is 23.6 Å². The molecule has 0 amide bonds. The predicted octanol–water partition coefficient (Wildman–Crippen LogP) is 3.82. The molecule has 1 aromatic carbocycles. The summed E-state index contributed by atoms with van der Waals surface area (Å²) in [6, 6.07) is 7.04. The zero-order chi connectivity index (χ0) is 14.6. The average Bonchev–Trinajstić information content (AvgIpc) is 3.02. The van der Waals surface area contributed by atoms with E-state index in [1.54, 1.807) is 11.3 Å². The molecule has 4 rings (SSSR count). The van der Waals surface area contributed by atoms with Gasteiger partial charge in [0.25, 0.3) is 0 Å². The van der Waals surface area contributed by atoms with Gasteiger partial charge in [0.2, 0.25) is 0 Å². The number of imidazole rings is 1. The van der Waals surface area contributed by atoms with Gasteiger partial charge in [-0.1, -0.05) is 6.07 Å². The van der Waals surface area contributed by atoms with Gasteiger partial charge in [0.1, 0.15) is 10.7 Å². The molecule has 21 heavy (non-hydrogen) atoms. The highest BCUT2D eigenvalue weighted by Gasteiger charge is 2.29. The van der Waals surface area contributed by atoms with Crippen LogP contribution in [0.3, 0.4) is 0 Å². The third-order valence-corrected chi connectivity index (χ3v) is 4.94. The van der Waals surface area contributed by atoms with E-state index in [1.807, 2.05) is 6.92 Å². The number of hydrogen-bond donors (Lipinski definition) is 1. The largest absolute Gasteiger partial charge is 0.322 e. The van der Waals surface area contributed by atoms with Gasteiger partial charge in [0, 0.05) is 11.4 Å². The topological polar surface area (TPSA) is 56.7 Å². The van der Waals surface area contributed by atoms with Gasteiger partial charge in [-0.15, -0.1) is 11.3 Å². The Morgan fingerprint density at radius 1 is 1.33 bits per heavy atom. The number of nitrogens with zero attached hydrogens (tertiary/aromatic N) is 3. The first-order chi connectivity index (χ1) is 10.1. The van der Waals surface area contributed by atoms with Crippen molar-refractivity contribution in [3.8, 4) is 11.5 Å². The number of nitrogens with two attached hydrogens (primary N) is 1. The summed E-state index contributed by atoms with van der Waals surface area (Å²) >= 11 is 1.62. The Kier molecular flexibility index (Phi) is 2.87. The van der Waals surface area contributed by atoms with Gasteiger partial charge in [-0.2, -0.15) is 0 Å². The maximum absolute atomic E-state index is 5.93. The third kappa shape index (κ3) is 2.17. The Morgan fingerprint density at radius 2 is 2.14 bits per heavy atom. The second-order valence-electron chi connectivity index (χ2n) is 5.89. The van der Waals surface area contributed by atoms with Gasteiger partial charge in [-0.25, -0.2) is 9.97 Å². The fourth-order valence-electron chi connectivity index (χ4n) is 2.69. The Labute approximate surface area is 127 Å². The van der Waals surface area contributed by atoms with Crippen LogP contribution in [0, 0.1) is 6.92 Å². The van der Waals surface area contributed by atoms with Crippen molar-refractivity contribution in [2.75, 3.05) is 0 Å². The van der Waals surface area contributed by atoms with Crippen LogP contribution < -0.4 is 5.73 Å². The molecule has 0 saturated heterocycles. The molecule has 1 saturated carbocycles. The molecular weight excluding hydrogens is 280 g/mol. The van der Waals surface area contributed by atoms with E-state index in [0.717, 1.165) is 22.0 Å². The number of rotatable bonds is 3. The molecule has 3 aromatic rings. The molecule has 2 aromatic heterocycles. The minimum absolute atomic E-state index is 0.0234. The number of aromatic nitrogens is 3. The number of fused-ring (bicyclic) bond motifs is 1. The average molecular weight is 298 g/mol. The number of benzene rings is 1. The van der Waals surface area contributed by atoms with Crippen molar-refractivity contribution in [3.63, 3.8) is 0 Å². The standard InChI is InChI=1S/C16H18N4S/c1-9-3-6-14-12(7-9)18-15(20(14)11-4-5-11)13-8-21-16(19-13)10(2)17/h3,6-8,10-11H,4-5,17H2,1-2H3. The first-order valence-corrected chi connectivity index (χ1v) is 8.21. The fourth-order valence-corrected chi connectivity index (χ4v) is 3.45. The summed E-state index contributed by atoms with van der Waals surface area (Å²) in [6.45, 7) is 4.07. The maximum atomic E-state index is 5.93. The maximum Gasteiger partial charge on any atom is 0.160 e. The SMILES string of the molecule is Cc1ccc2c(c1)nc(-c1csc(C(C)N)n1)n2C1CC1. The van der Waals surface area contributed by atoms with Gasteiger partial charge >= 0.3 is 0 Å². The lowest BCUT2D eigenvalue weighted by molar-refractivity contribution is 0.768. The molecule has 1 atom stereocenters. The molecule has 0 aliphatic heterocycles. The molecule has 0 bridgehead atoms. The normalized spacial score (nSPS) is 16.5. The van der Waals surface area contributed by atoms with E-state index in [4.69, 9.17) is 10.7 Å². The molecule has 2 heterocycles. The van der Waals surface area contributed by atoms with Gasteiger partial charge in [-0.3, -0.25) is 0 Å². The predicted molar refractivity (Wildman–Crippen MR) is 86.5 cm³/mol. The quantitative estimate of drug-likeness (QED) is 0.799. The highest BCUT2D eigenvalue weighted by atomic mass is 32.1. The lowest BCUT2D eigenvalue weighted by Gasteiger charge is -2.05. The summed E-state index contributed by atoms with van der Waals surface area (Å²) in [6.07, 6.45) is 2.47. The van der Waals surface area contributed by atoms with Crippen LogP contribution in [-0.2, 0) is 0 Å². The first kappa shape index (κ1) is 13.0. The summed E-state index contributed by atoms with van der Waals surface area (Å²) in [5, 5.41) is 3.04. The second kappa shape index (κ2) is 4.64. The molecule has 1 aliphatic carbocycles. The third-order valence-electron chi connectivity index (χ3n) is 3.90. The van der Waals surface area contributed by atoms with Crippen molar-refractivity contribution in [1.29, 1.82) is 0 Å². The van der Waals surface area contributed by atoms with Crippen LogP contribution in [0.5, 0.6) is 0 Å². The molecule has 4 nitrogen and oxygen atoms in total. The fraction of sp³-hybridized carbons (Fsp3) is 0.375. The number of aryl methyl sites for hydroxylation is 1. The lowest BCUT2D eigenvalue weighted by Crippen LogP contribution is -2.04. The minimum Gasteiger partial charge on any atom is -0.322 e. The molecule has 0 spiro atoms. The van der Waals surface area contributed by atoms with E-state index in [9.17, 15) is 0 Å². The summed E-state index contributed by atoms with van der Waals surface area (Å²) < 4.78 is 2.36. The van der Waals surface area contributed by atoms with Crippen LogP contribution in [0.4, 0.5) is 0 Å². The van der Waals surface area contributed by atoms with Gasteiger partial charge in [0.15, 0.2) is 5.82 Å². The zero-order valence-corrected chi connectivity index (χ0v) is 13.0.